The van der Waals surface area contributed by atoms with Crippen LogP contribution in [0.25, 0.3) is 6.08 Å². The lowest BCUT2D eigenvalue weighted by Crippen LogP contribution is -2.41. The minimum Gasteiger partial charge on any atom is -0.398 e. The highest BCUT2D eigenvalue weighted by Gasteiger charge is 2.53. The molecule has 3 rings (SSSR count). The van der Waals surface area contributed by atoms with Gasteiger partial charge in [0.05, 0.1) is 23.4 Å². The molecule has 0 N–H and O–H groups in total. The normalized spacial score (nSPS) is 26.5. The fraction of sp³-hybridized carbons (Fsp3) is 0.765. The van der Waals surface area contributed by atoms with Gasteiger partial charge in [0.25, 0.3) is 0 Å². The molecular formula is C17H27BF2N4O2. The van der Waals surface area contributed by atoms with Gasteiger partial charge in [-0.25, -0.2) is 13.5 Å². The molecule has 1 aromatic rings. The van der Waals surface area contributed by atoms with Crippen molar-refractivity contribution in [2.75, 3.05) is 26.3 Å². The molecule has 0 saturated carbocycles. The summed E-state index contributed by atoms with van der Waals surface area (Å²) in [6.45, 7) is 9.23. The Balaban J connectivity index is 1.67. The molecule has 1 unspecified atom stereocenters. The lowest BCUT2D eigenvalue weighted by atomic mass is 9.87. The number of likely N-dealkylation sites (tertiary alicyclic amines) is 1. The SMILES string of the molecule is CC1(C)OB(C(F)=Cc2cn(C3CCCN(CCF)C3)nn2)OC1(C)C. The number of piperidine rings is 1. The van der Waals surface area contributed by atoms with Crippen LogP contribution in [0.4, 0.5) is 8.78 Å². The quantitative estimate of drug-likeness (QED) is 0.749. The van der Waals surface area contributed by atoms with Gasteiger partial charge in [-0.1, -0.05) is 5.21 Å². The number of alkyl halides is 1. The van der Waals surface area contributed by atoms with Gasteiger partial charge in [0.2, 0.25) is 0 Å². The van der Waals surface area contributed by atoms with Crippen LogP contribution < -0.4 is 0 Å². The van der Waals surface area contributed by atoms with Crippen molar-refractivity contribution in [1.82, 2.24) is 19.9 Å². The van der Waals surface area contributed by atoms with Crippen LogP contribution in [-0.4, -0.2) is 64.5 Å². The molecule has 0 amide bonds. The van der Waals surface area contributed by atoms with Crippen molar-refractivity contribution in [3.05, 3.63) is 17.6 Å². The number of nitrogens with zero attached hydrogens (tertiary/aromatic N) is 4. The van der Waals surface area contributed by atoms with Crippen molar-refractivity contribution in [3.63, 3.8) is 0 Å². The second-order valence-electron chi connectivity index (χ2n) is 8.03. The van der Waals surface area contributed by atoms with Gasteiger partial charge in [-0.05, 0) is 53.2 Å². The Labute approximate surface area is 153 Å². The predicted molar refractivity (Wildman–Crippen MR) is 95.9 cm³/mol. The Morgan fingerprint density at radius 3 is 2.69 bits per heavy atom. The summed E-state index contributed by atoms with van der Waals surface area (Å²) in [7, 11) is -1.04. The largest absolute Gasteiger partial charge is 0.525 e. The second-order valence-corrected chi connectivity index (χ2v) is 8.03. The smallest absolute Gasteiger partial charge is 0.398 e. The Bertz CT molecular complexity index is 647. The molecule has 0 bridgehead atoms. The van der Waals surface area contributed by atoms with E-state index in [0.29, 0.717) is 12.2 Å². The van der Waals surface area contributed by atoms with Crippen LogP contribution in [0.5, 0.6) is 0 Å². The van der Waals surface area contributed by atoms with Crippen LogP contribution >= 0.6 is 0 Å². The number of rotatable bonds is 5. The number of halogens is 2. The third-order valence-corrected chi connectivity index (χ3v) is 5.55. The van der Waals surface area contributed by atoms with Crippen LogP contribution in [0.3, 0.4) is 0 Å². The van der Waals surface area contributed by atoms with E-state index in [0.717, 1.165) is 25.9 Å². The van der Waals surface area contributed by atoms with Crippen LogP contribution in [0.15, 0.2) is 11.9 Å². The minimum atomic E-state index is -1.04. The van der Waals surface area contributed by atoms with Crippen LogP contribution in [-0.2, 0) is 9.31 Å². The molecule has 0 aliphatic carbocycles. The van der Waals surface area contributed by atoms with E-state index in [1.54, 1.807) is 10.9 Å². The zero-order valence-corrected chi connectivity index (χ0v) is 15.9. The maximum Gasteiger partial charge on any atom is 0.525 e. The lowest BCUT2D eigenvalue weighted by Gasteiger charge is -2.32. The maximum atomic E-state index is 14.6. The minimum absolute atomic E-state index is 0.129. The number of hydrogen-bond acceptors (Lipinski definition) is 5. The zero-order chi connectivity index (χ0) is 18.9. The summed E-state index contributed by atoms with van der Waals surface area (Å²) in [5.74, 6) is 0. The van der Waals surface area contributed by atoms with Gasteiger partial charge in [0.1, 0.15) is 18.1 Å². The first-order valence-electron chi connectivity index (χ1n) is 9.15. The van der Waals surface area contributed by atoms with Crippen LogP contribution in [0.2, 0.25) is 0 Å². The first-order chi connectivity index (χ1) is 12.2. The highest BCUT2D eigenvalue weighted by molar-refractivity contribution is 6.54. The van der Waals surface area contributed by atoms with Crippen molar-refractivity contribution in [3.8, 4) is 0 Å². The van der Waals surface area contributed by atoms with E-state index in [1.165, 1.54) is 6.08 Å². The van der Waals surface area contributed by atoms with Crippen molar-refractivity contribution >= 4 is 13.2 Å². The van der Waals surface area contributed by atoms with Gasteiger partial charge in [0, 0.05) is 13.1 Å². The molecule has 2 fully saturated rings. The molecule has 2 aliphatic rings. The van der Waals surface area contributed by atoms with Crippen molar-refractivity contribution < 1.29 is 18.1 Å². The molecule has 0 radical (unpaired) electrons. The summed E-state index contributed by atoms with van der Waals surface area (Å²) in [5.41, 5.74) is -1.30. The molecular weight excluding hydrogens is 341 g/mol. The standard InChI is InChI=1S/C17H27BF2N4O2/c1-16(2)17(3,4)26-18(25-16)15(20)10-13-11-24(22-21-13)14-6-5-8-23(12-14)9-7-19/h10-11,14H,5-9,12H2,1-4H3. The maximum absolute atomic E-state index is 14.6. The van der Waals surface area contributed by atoms with Gasteiger partial charge in [-0.2, -0.15) is 0 Å². The topological polar surface area (TPSA) is 52.4 Å². The van der Waals surface area contributed by atoms with Crippen LogP contribution in [0, 0.1) is 0 Å². The Hall–Kier alpha value is -1.32. The molecule has 0 aromatic carbocycles. The van der Waals surface area contributed by atoms with E-state index in [-0.39, 0.29) is 12.7 Å². The number of aromatic nitrogens is 3. The average molecular weight is 368 g/mol. The number of hydrogen-bond donors (Lipinski definition) is 0. The Kier molecular flexibility index (Phi) is 5.51. The lowest BCUT2D eigenvalue weighted by molar-refractivity contribution is 0.00578. The summed E-state index contributed by atoms with van der Waals surface area (Å²) in [6.07, 6.45) is 4.95. The molecule has 3 heterocycles. The van der Waals surface area contributed by atoms with Gasteiger partial charge in [0.15, 0.2) is 0 Å². The Morgan fingerprint density at radius 1 is 1.35 bits per heavy atom. The first kappa shape index (κ1) is 19.4. The molecule has 2 aliphatic heterocycles. The monoisotopic (exact) mass is 368 g/mol. The van der Waals surface area contributed by atoms with Crippen molar-refractivity contribution in [1.29, 1.82) is 0 Å². The second kappa shape index (κ2) is 7.36. The van der Waals surface area contributed by atoms with Gasteiger partial charge in [-0.15, -0.1) is 5.10 Å². The van der Waals surface area contributed by atoms with Crippen LogP contribution in [0.1, 0.15) is 52.3 Å². The molecule has 0 spiro atoms. The summed E-state index contributed by atoms with van der Waals surface area (Å²) < 4.78 is 40.3. The van der Waals surface area contributed by atoms with Crippen molar-refractivity contribution in [2.45, 2.75) is 57.8 Å². The van der Waals surface area contributed by atoms with E-state index >= 15 is 0 Å². The molecule has 9 heteroatoms. The summed E-state index contributed by atoms with van der Waals surface area (Å²) in [6, 6.07) is 0.129. The first-order valence-corrected chi connectivity index (χ1v) is 9.15. The summed E-state index contributed by atoms with van der Waals surface area (Å²) in [5, 5.41) is 8.16. The third-order valence-electron chi connectivity index (χ3n) is 5.55. The molecule has 1 aromatic heterocycles. The summed E-state index contributed by atoms with van der Waals surface area (Å²) in [4.78, 5) is 2.08. The molecule has 2 saturated heterocycles. The molecule has 144 valence electrons. The van der Waals surface area contributed by atoms with E-state index in [2.05, 4.69) is 15.2 Å². The van der Waals surface area contributed by atoms with Gasteiger partial charge >= 0.3 is 7.12 Å². The van der Waals surface area contributed by atoms with E-state index in [9.17, 15) is 8.78 Å². The fourth-order valence-corrected chi connectivity index (χ4v) is 3.27. The predicted octanol–water partition coefficient (Wildman–Crippen LogP) is 2.83. The van der Waals surface area contributed by atoms with Gasteiger partial charge < -0.3 is 9.31 Å². The summed E-state index contributed by atoms with van der Waals surface area (Å²) >= 11 is 0. The highest BCUT2D eigenvalue weighted by Crippen LogP contribution is 2.39. The molecule has 6 nitrogen and oxygen atoms in total. The third kappa shape index (κ3) is 3.99. The van der Waals surface area contributed by atoms with Crippen molar-refractivity contribution in [2.24, 2.45) is 0 Å². The van der Waals surface area contributed by atoms with Gasteiger partial charge in [-0.3, -0.25) is 4.90 Å². The fourth-order valence-electron chi connectivity index (χ4n) is 3.27. The molecule has 26 heavy (non-hydrogen) atoms. The highest BCUT2D eigenvalue weighted by atomic mass is 19.1. The zero-order valence-electron chi connectivity index (χ0n) is 15.9. The van der Waals surface area contributed by atoms with E-state index < -0.39 is 24.0 Å². The average Bonchev–Trinajstić information content (AvgIpc) is 3.10. The Morgan fingerprint density at radius 2 is 2.04 bits per heavy atom. The molecule has 1 atom stereocenters. The van der Waals surface area contributed by atoms with E-state index in [1.807, 2.05) is 27.7 Å². The van der Waals surface area contributed by atoms with E-state index in [4.69, 9.17) is 9.31 Å².